The van der Waals surface area contributed by atoms with Crippen LogP contribution in [0.1, 0.15) is 19.3 Å². The Morgan fingerprint density at radius 2 is 2.00 bits per heavy atom. The molecule has 0 amide bonds. The lowest BCUT2D eigenvalue weighted by molar-refractivity contribution is 0.260. The van der Waals surface area contributed by atoms with Crippen LogP contribution in [0.15, 0.2) is 11.3 Å². The standard InChI is InChI=1S/C11H24N2Si/c1-13(2)12-11-8-6-7-10(11)9-14(3,4)5/h9,11-12H,6-8H2,1-5H3/b10-9+. The molecule has 0 spiro atoms. The molecule has 0 saturated heterocycles. The Balaban J connectivity index is 2.64. The third kappa shape index (κ3) is 3.94. The van der Waals surface area contributed by atoms with Crippen molar-refractivity contribution in [3.63, 3.8) is 0 Å². The van der Waals surface area contributed by atoms with E-state index in [1.165, 1.54) is 19.3 Å². The SMILES string of the molecule is CN(C)NC1CCC/C1=C\[Si](C)(C)C. The van der Waals surface area contributed by atoms with Crippen LogP contribution >= 0.6 is 0 Å². The Morgan fingerprint density at radius 3 is 2.50 bits per heavy atom. The highest BCUT2D eigenvalue weighted by molar-refractivity contribution is 6.81. The molecule has 0 heterocycles. The largest absolute Gasteiger partial charge is 0.250 e. The molecule has 0 radical (unpaired) electrons. The van der Waals surface area contributed by atoms with Crippen LogP contribution < -0.4 is 5.43 Å². The number of hydrogen-bond donors (Lipinski definition) is 1. The Hall–Kier alpha value is -0.123. The van der Waals surface area contributed by atoms with E-state index in [0.29, 0.717) is 6.04 Å². The van der Waals surface area contributed by atoms with Crippen LogP contribution in [0.3, 0.4) is 0 Å². The lowest BCUT2D eigenvalue weighted by Crippen LogP contribution is -2.39. The highest BCUT2D eigenvalue weighted by Crippen LogP contribution is 2.26. The maximum Gasteiger partial charge on any atom is 0.0687 e. The Labute approximate surface area is 89.4 Å². The first-order valence-electron chi connectivity index (χ1n) is 5.53. The van der Waals surface area contributed by atoms with Crippen LogP contribution in [-0.4, -0.2) is 33.2 Å². The van der Waals surface area contributed by atoms with Gasteiger partial charge in [-0.25, -0.2) is 5.43 Å². The zero-order valence-electron chi connectivity index (χ0n) is 10.2. The molecule has 0 aromatic rings. The number of rotatable bonds is 3. The predicted molar refractivity (Wildman–Crippen MR) is 65.9 cm³/mol. The van der Waals surface area contributed by atoms with Crippen LogP contribution in [0.5, 0.6) is 0 Å². The second kappa shape index (κ2) is 4.60. The van der Waals surface area contributed by atoms with E-state index < -0.39 is 8.07 Å². The molecule has 82 valence electrons. The van der Waals surface area contributed by atoms with Gasteiger partial charge in [-0.1, -0.05) is 30.9 Å². The fraction of sp³-hybridized carbons (Fsp3) is 0.818. The first kappa shape index (κ1) is 11.9. The summed E-state index contributed by atoms with van der Waals surface area (Å²) in [6, 6.07) is 0.608. The van der Waals surface area contributed by atoms with Gasteiger partial charge >= 0.3 is 0 Å². The highest BCUT2D eigenvalue weighted by atomic mass is 28.3. The van der Waals surface area contributed by atoms with Crippen molar-refractivity contribution < 1.29 is 0 Å². The molecule has 0 bridgehead atoms. The molecule has 1 N–H and O–H groups in total. The van der Waals surface area contributed by atoms with Gasteiger partial charge < -0.3 is 0 Å². The van der Waals surface area contributed by atoms with Gasteiger partial charge in [0.1, 0.15) is 0 Å². The fourth-order valence-corrected chi connectivity index (χ4v) is 3.52. The Kier molecular flexibility index (Phi) is 3.92. The zero-order valence-corrected chi connectivity index (χ0v) is 11.2. The summed E-state index contributed by atoms with van der Waals surface area (Å²) in [5, 5.41) is 2.08. The van der Waals surface area contributed by atoms with Crippen LogP contribution in [0.25, 0.3) is 0 Å². The monoisotopic (exact) mass is 212 g/mol. The van der Waals surface area contributed by atoms with Gasteiger partial charge in [-0.15, -0.1) is 0 Å². The third-order valence-electron chi connectivity index (χ3n) is 2.44. The second-order valence-corrected chi connectivity index (χ2v) is 10.6. The van der Waals surface area contributed by atoms with Crippen molar-refractivity contribution in [3.8, 4) is 0 Å². The van der Waals surface area contributed by atoms with Gasteiger partial charge in [-0.2, -0.15) is 0 Å². The smallest absolute Gasteiger partial charge is 0.0687 e. The summed E-state index contributed by atoms with van der Waals surface area (Å²) in [7, 11) is 3.11. The van der Waals surface area contributed by atoms with Gasteiger partial charge in [0.25, 0.3) is 0 Å². The number of nitrogens with one attached hydrogen (secondary N) is 1. The van der Waals surface area contributed by atoms with E-state index in [1.54, 1.807) is 5.57 Å². The maximum atomic E-state index is 3.50. The first-order valence-corrected chi connectivity index (χ1v) is 9.11. The molecule has 0 aliphatic heterocycles. The normalized spacial score (nSPS) is 26.4. The molecule has 1 rings (SSSR count). The number of hydrogen-bond acceptors (Lipinski definition) is 2. The quantitative estimate of drug-likeness (QED) is 0.571. The number of hydrazine groups is 1. The van der Waals surface area contributed by atoms with E-state index in [4.69, 9.17) is 0 Å². The molecule has 1 saturated carbocycles. The summed E-state index contributed by atoms with van der Waals surface area (Å²) >= 11 is 0. The minimum absolute atomic E-state index is 0.608. The summed E-state index contributed by atoms with van der Waals surface area (Å²) in [5.41, 5.74) is 7.72. The van der Waals surface area contributed by atoms with Crippen LogP contribution in [0.4, 0.5) is 0 Å². The average molecular weight is 212 g/mol. The molecule has 14 heavy (non-hydrogen) atoms. The summed E-state index contributed by atoms with van der Waals surface area (Å²) < 4.78 is 0. The molecule has 2 nitrogen and oxygen atoms in total. The van der Waals surface area contributed by atoms with Crippen molar-refractivity contribution in [1.29, 1.82) is 0 Å². The average Bonchev–Trinajstić information content (AvgIpc) is 2.32. The molecule has 0 aromatic carbocycles. The van der Waals surface area contributed by atoms with E-state index >= 15 is 0 Å². The van der Waals surface area contributed by atoms with Gasteiger partial charge in [0, 0.05) is 20.1 Å². The van der Waals surface area contributed by atoms with Crippen LogP contribution in [-0.2, 0) is 0 Å². The fourth-order valence-electron chi connectivity index (χ4n) is 2.06. The van der Waals surface area contributed by atoms with Crippen LogP contribution in [0, 0.1) is 0 Å². The van der Waals surface area contributed by atoms with E-state index in [9.17, 15) is 0 Å². The topological polar surface area (TPSA) is 15.3 Å². The van der Waals surface area contributed by atoms with Crippen molar-refractivity contribution in [2.75, 3.05) is 14.1 Å². The number of nitrogens with zero attached hydrogens (tertiary/aromatic N) is 1. The molecule has 1 unspecified atom stereocenters. The minimum atomic E-state index is -1.04. The Bertz CT molecular complexity index is 216. The van der Waals surface area contributed by atoms with Gasteiger partial charge in [-0.3, -0.25) is 5.01 Å². The summed E-state index contributed by atoms with van der Waals surface area (Å²) in [6.07, 6.45) is 3.95. The van der Waals surface area contributed by atoms with Gasteiger partial charge in [0.05, 0.1) is 8.07 Å². The third-order valence-corrected chi connectivity index (χ3v) is 3.68. The highest BCUT2D eigenvalue weighted by Gasteiger charge is 2.23. The van der Waals surface area contributed by atoms with Crippen molar-refractivity contribution in [3.05, 3.63) is 11.3 Å². The summed E-state index contributed by atoms with van der Waals surface area (Å²) in [5.74, 6) is 0. The minimum Gasteiger partial charge on any atom is -0.250 e. The molecular formula is C11H24N2Si. The van der Waals surface area contributed by atoms with E-state index in [2.05, 4.69) is 49.9 Å². The van der Waals surface area contributed by atoms with E-state index in [0.717, 1.165) is 0 Å². The van der Waals surface area contributed by atoms with Crippen molar-refractivity contribution in [1.82, 2.24) is 10.4 Å². The van der Waals surface area contributed by atoms with Crippen molar-refractivity contribution >= 4 is 8.07 Å². The summed E-state index contributed by atoms with van der Waals surface area (Å²) in [4.78, 5) is 0. The molecule has 1 aliphatic carbocycles. The first-order chi connectivity index (χ1) is 6.38. The van der Waals surface area contributed by atoms with Crippen LogP contribution in [0.2, 0.25) is 19.6 Å². The molecule has 1 aliphatic rings. The van der Waals surface area contributed by atoms with E-state index in [1.807, 2.05) is 0 Å². The van der Waals surface area contributed by atoms with Crippen molar-refractivity contribution in [2.45, 2.75) is 44.9 Å². The predicted octanol–water partition coefficient (Wildman–Crippen LogP) is 2.41. The van der Waals surface area contributed by atoms with E-state index in [-0.39, 0.29) is 0 Å². The lowest BCUT2D eigenvalue weighted by atomic mass is 10.2. The molecule has 3 heteroatoms. The molecule has 1 fully saturated rings. The Morgan fingerprint density at radius 1 is 1.36 bits per heavy atom. The van der Waals surface area contributed by atoms with Gasteiger partial charge in [0.15, 0.2) is 0 Å². The van der Waals surface area contributed by atoms with Gasteiger partial charge in [-0.05, 0) is 19.3 Å². The molecule has 1 atom stereocenters. The molecular weight excluding hydrogens is 188 g/mol. The molecule has 0 aromatic heterocycles. The second-order valence-electron chi connectivity index (χ2n) is 5.55. The zero-order chi connectivity index (χ0) is 10.8. The maximum absolute atomic E-state index is 3.50. The van der Waals surface area contributed by atoms with Crippen molar-refractivity contribution in [2.24, 2.45) is 0 Å². The summed E-state index contributed by atoms with van der Waals surface area (Å²) in [6.45, 7) is 7.22. The van der Waals surface area contributed by atoms with Gasteiger partial charge in [0.2, 0.25) is 0 Å². The lowest BCUT2D eigenvalue weighted by Gasteiger charge is -2.22.